The second kappa shape index (κ2) is 8.25. The van der Waals surface area contributed by atoms with Gasteiger partial charge in [0.2, 0.25) is 5.91 Å². The smallest absolute Gasteiger partial charge is 0.225 e. The molecule has 0 spiro atoms. The molecule has 0 unspecified atom stereocenters. The van der Waals surface area contributed by atoms with Gasteiger partial charge in [-0.3, -0.25) is 9.69 Å². The van der Waals surface area contributed by atoms with E-state index in [0.717, 1.165) is 51.1 Å². The topological polar surface area (TPSA) is 58.8 Å². The number of piperazine rings is 1. The zero-order valence-corrected chi connectivity index (χ0v) is 14.9. The molecular weight excluding hydrogens is 321 g/mol. The van der Waals surface area contributed by atoms with Crippen molar-refractivity contribution in [2.75, 3.05) is 33.3 Å². The Morgan fingerprint density at radius 1 is 1.20 bits per heavy atom. The van der Waals surface area contributed by atoms with Crippen LogP contribution in [-0.4, -0.2) is 61.1 Å². The summed E-state index contributed by atoms with van der Waals surface area (Å²) in [7, 11) is 1.69. The molecule has 1 aromatic rings. The van der Waals surface area contributed by atoms with Crippen LogP contribution in [0.15, 0.2) is 24.3 Å². The first kappa shape index (κ1) is 18.3. The number of ether oxygens (including phenoxy) is 1. The summed E-state index contributed by atoms with van der Waals surface area (Å²) >= 11 is 0. The fourth-order valence-corrected chi connectivity index (χ4v) is 3.93. The Kier molecular flexibility index (Phi) is 6.04. The first-order chi connectivity index (χ1) is 12.1. The number of hydrogen-bond acceptors (Lipinski definition) is 4. The molecule has 1 saturated heterocycles. The molecule has 1 heterocycles. The zero-order chi connectivity index (χ0) is 17.8. The van der Waals surface area contributed by atoms with E-state index in [1.165, 1.54) is 12.1 Å². The maximum Gasteiger partial charge on any atom is 0.225 e. The maximum absolute atomic E-state index is 13.0. The van der Waals surface area contributed by atoms with Gasteiger partial charge in [0.05, 0.1) is 6.10 Å². The Labute approximate surface area is 148 Å². The number of carbonyl (C=O) groups is 1. The Hall–Kier alpha value is -1.50. The minimum Gasteiger partial charge on any atom is -0.380 e. The highest BCUT2D eigenvalue weighted by Gasteiger charge is 2.34. The van der Waals surface area contributed by atoms with Gasteiger partial charge in [0.1, 0.15) is 5.82 Å². The van der Waals surface area contributed by atoms with Crippen molar-refractivity contribution in [3.05, 3.63) is 35.6 Å². The summed E-state index contributed by atoms with van der Waals surface area (Å²) in [4.78, 5) is 17.1. The normalized spacial score (nSPS) is 28.1. The summed E-state index contributed by atoms with van der Waals surface area (Å²) in [5.41, 5.74) is 7.24. The monoisotopic (exact) mass is 349 g/mol. The third-order valence-electron chi connectivity index (χ3n) is 5.49. The number of amides is 1. The van der Waals surface area contributed by atoms with Crippen molar-refractivity contribution in [1.29, 1.82) is 0 Å². The molecule has 3 atom stereocenters. The van der Waals surface area contributed by atoms with Crippen LogP contribution in [0.4, 0.5) is 4.39 Å². The van der Waals surface area contributed by atoms with E-state index in [4.69, 9.17) is 10.5 Å². The van der Waals surface area contributed by atoms with E-state index in [-0.39, 0.29) is 29.8 Å². The third kappa shape index (κ3) is 4.57. The number of methoxy groups -OCH3 is 1. The van der Waals surface area contributed by atoms with Crippen molar-refractivity contribution in [2.24, 2.45) is 11.7 Å². The zero-order valence-electron chi connectivity index (χ0n) is 14.9. The summed E-state index contributed by atoms with van der Waals surface area (Å²) in [5, 5.41) is 0. The second-order valence-corrected chi connectivity index (χ2v) is 7.18. The highest BCUT2D eigenvalue weighted by Crippen LogP contribution is 2.27. The number of benzene rings is 1. The van der Waals surface area contributed by atoms with E-state index < -0.39 is 0 Å². The quantitative estimate of drug-likeness (QED) is 0.897. The number of nitrogens with zero attached hydrogens (tertiary/aromatic N) is 2. The number of nitrogens with two attached hydrogens (primary N) is 1. The fourth-order valence-electron chi connectivity index (χ4n) is 3.93. The molecule has 25 heavy (non-hydrogen) atoms. The molecule has 2 fully saturated rings. The summed E-state index contributed by atoms with van der Waals surface area (Å²) < 4.78 is 18.4. The van der Waals surface area contributed by atoms with E-state index in [0.29, 0.717) is 6.42 Å². The second-order valence-electron chi connectivity index (χ2n) is 7.18. The van der Waals surface area contributed by atoms with Crippen LogP contribution < -0.4 is 5.73 Å². The number of halogens is 1. The maximum atomic E-state index is 13.0. The summed E-state index contributed by atoms with van der Waals surface area (Å²) in [5.74, 6) is 0.0667. The average Bonchev–Trinajstić information content (AvgIpc) is 2.63. The average molecular weight is 349 g/mol. The van der Waals surface area contributed by atoms with Crippen LogP contribution in [0.3, 0.4) is 0 Å². The fraction of sp³-hybridized carbons (Fsp3) is 0.632. The molecule has 0 radical (unpaired) electrons. The van der Waals surface area contributed by atoms with E-state index >= 15 is 0 Å². The summed E-state index contributed by atoms with van der Waals surface area (Å²) in [6.07, 6.45) is 2.52. The van der Waals surface area contributed by atoms with Crippen molar-refractivity contribution >= 4 is 5.91 Å². The summed E-state index contributed by atoms with van der Waals surface area (Å²) in [6, 6.07) is 6.58. The van der Waals surface area contributed by atoms with Gasteiger partial charge in [-0.25, -0.2) is 4.39 Å². The SMILES string of the molecule is CO[C@@H]1CC[C@H](C(=O)N2CCN(Cc3ccc(F)cc3)CC2)C[C@H]1N. The molecular formula is C19H28FN3O2. The molecule has 1 aliphatic carbocycles. The van der Waals surface area contributed by atoms with Crippen LogP contribution in [0.2, 0.25) is 0 Å². The first-order valence-electron chi connectivity index (χ1n) is 9.11. The van der Waals surface area contributed by atoms with Gasteiger partial charge in [0.15, 0.2) is 0 Å². The van der Waals surface area contributed by atoms with Crippen LogP contribution in [0, 0.1) is 11.7 Å². The Morgan fingerprint density at radius 2 is 1.88 bits per heavy atom. The molecule has 3 rings (SSSR count). The Bertz CT molecular complexity index is 573. The largest absolute Gasteiger partial charge is 0.380 e. The molecule has 2 aliphatic rings. The van der Waals surface area contributed by atoms with E-state index in [1.807, 2.05) is 17.0 Å². The molecule has 6 heteroatoms. The van der Waals surface area contributed by atoms with Crippen molar-refractivity contribution < 1.29 is 13.9 Å². The Morgan fingerprint density at radius 3 is 2.48 bits per heavy atom. The van der Waals surface area contributed by atoms with E-state index in [9.17, 15) is 9.18 Å². The molecule has 138 valence electrons. The highest BCUT2D eigenvalue weighted by atomic mass is 19.1. The molecule has 1 aliphatic heterocycles. The van der Waals surface area contributed by atoms with E-state index in [1.54, 1.807) is 7.11 Å². The highest BCUT2D eigenvalue weighted by molar-refractivity contribution is 5.79. The van der Waals surface area contributed by atoms with Gasteiger partial charge in [-0.15, -0.1) is 0 Å². The Balaban J connectivity index is 1.47. The summed E-state index contributed by atoms with van der Waals surface area (Å²) in [6.45, 7) is 4.00. The van der Waals surface area contributed by atoms with Crippen LogP contribution in [-0.2, 0) is 16.1 Å². The molecule has 1 aromatic carbocycles. The van der Waals surface area contributed by atoms with Gasteiger partial charge >= 0.3 is 0 Å². The van der Waals surface area contributed by atoms with Crippen LogP contribution in [0.1, 0.15) is 24.8 Å². The first-order valence-corrected chi connectivity index (χ1v) is 9.11. The molecule has 5 nitrogen and oxygen atoms in total. The number of rotatable bonds is 4. The molecule has 0 bridgehead atoms. The van der Waals surface area contributed by atoms with Crippen LogP contribution in [0.5, 0.6) is 0 Å². The lowest BCUT2D eigenvalue weighted by Crippen LogP contribution is -2.52. The predicted molar refractivity (Wildman–Crippen MR) is 94.4 cm³/mol. The molecule has 0 aromatic heterocycles. The van der Waals surface area contributed by atoms with Gasteiger partial charge in [-0.2, -0.15) is 0 Å². The number of carbonyl (C=O) groups excluding carboxylic acids is 1. The van der Waals surface area contributed by atoms with Crippen molar-refractivity contribution in [3.63, 3.8) is 0 Å². The van der Waals surface area contributed by atoms with Gasteiger partial charge in [-0.1, -0.05) is 12.1 Å². The minimum absolute atomic E-state index is 0.0325. The lowest BCUT2D eigenvalue weighted by atomic mass is 9.83. The standard InChI is InChI=1S/C19H28FN3O2/c1-25-18-7-4-15(12-17(18)21)19(24)23-10-8-22(9-11-23)13-14-2-5-16(20)6-3-14/h2-3,5-6,15,17-18H,4,7-13,21H2,1H3/t15-,17+,18+/m0/s1. The molecule has 1 amide bonds. The number of hydrogen-bond donors (Lipinski definition) is 1. The van der Waals surface area contributed by atoms with Gasteiger partial charge in [0, 0.05) is 51.8 Å². The van der Waals surface area contributed by atoms with Crippen LogP contribution >= 0.6 is 0 Å². The third-order valence-corrected chi connectivity index (χ3v) is 5.49. The van der Waals surface area contributed by atoms with Gasteiger partial charge in [0.25, 0.3) is 0 Å². The molecule has 1 saturated carbocycles. The minimum atomic E-state index is -0.208. The van der Waals surface area contributed by atoms with Gasteiger partial charge < -0.3 is 15.4 Å². The molecule has 2 N–H and O–H groups in total. The lowest BCUT2D eigenvalue weighted by Gasteiger charge is -2.39. The van der Waals surface area contributed by atoms with Gasteiger partial charge in [-0.05, 0) is 37.0 Å². The lowest BCUT2D eigenvalue weighted by molar-refractivity contribution is -0.139. The van der Waals surface area contributed by atoms with Crippen LogP contribution in [0.25, 0.3) is 0 Å². The van der Waals surface area contributed by atoms with Crippen molar-refractivity contribution in [2.45, 2.75) is 38.0 Å². The van der Waals surface area contributed by atoms with Crippen molar-refractivity contribution in [3.8, 4) is 0 Å². The van der Waals surface area contributed by atoms with E-state index in [2.05, 4.69) is 4.90 Å². The van der Waals surface area contributed by atoms with Crippen molar-refractivity contribution in [1.82, 2.24) is 9.80 Å². The predicted octanol–water partition coefficient (Wildman–Crippen LogP) is 1.61.